The fourth-order valence-corrected chi connectivity index (χ4v) is 2.82. The molecule has 20 heavy (non-hydrogen) atoms. The molecule has 3 rings (SSSR count). The first-order chi connectivity index (χ1) is 9.74. The number of hydrogen-bond acceptors (Lipinski definition) is 2. The van der Waals surface area contributed by atoms with Crippen LogP contribution >= 0.6 is 28.1 Å². The van der Waals surface area contributed by atoms with Crippen LogP contribution in [0.2, 0.25) is 0 Å². The zero-order valence-corrected chi connectivity index (χ0v) is 13.0. The molecular weight excluding hydrogens is 334 g/mol. The van der Waals surface area contributed by atoms with Crippen molar-refractivity contribution in [3.8, 4) is 5.69 Å². The Hall–Kier alpha value is -1.72. The van der Waals surface area contributed by atoms with Gasteiger partial charge in [-0.05, 0) is 42.0 Å². The molecule has 5 heteroatoms. The Morgan fingerprint density at radius 3 is 2.65 bits per heavy atom. The van der Waals surface area contributed by atoms with Gasteiger partial charge in [0.05, 0.1) is 0 Å². The average molecular weight is 346 g/mol. The highest BCUT2D eigenvalue weighted by Gasteiger charge is 2.09. The van der Waals surface area contributed by atoms with Gasteiger partial charge >= 0.3 is 0 Å². The summed E-state index contributed by atoms with van der Waals surface area (Å²) < 4.78 is 3.65. The number of aromatic nitrogens is 3. The van der Waals surface area contributed by atoms with Gasteiger partial charge in [0.25, 0.3) is 0 Å². The van der Waals surface area contributed by atoms with E-state index in [-0.39, 0.29) is 0 Å². The summed E-state index contributed by atoms with van der Waals surface area (Å²) in [6, 6.07) is 18.2. The SMILES string of the molecule is S=c1[nH]nc(Cc2cccc(Br)c2)n1-c1ccccc1. The van der Waals surface area contributed by atoms with E-state index < -0.39 is 0 Å². The molecule has 2 aromatic carbocycles. The highest BCUT2D eigenvalue weighted by atomic mass is 79.9. The molecule has 0 radical (unpaired) electrons. The lowest BCUT2D eigenvalue weighted by Crippen LogP contribution is -2.02. The number of benzene rings is 2. The van der Waals surface area contributed by atoms with Crippen LogP contribution in [0.3, 0.4) is 0 Å². The van der Waals surface area contributed by atoms with E-state index in [4.69, 9.17) is 12.2 Å². The van der Waals surface area contributed by atoms with Crippen LogP contribution in [0.25, 0.3) is 5.69 Å². The third-order valence-corrected chi connectivity index (χ3v) is 3.77. The number of para-hydroxylation sites is 1. The van der Waals surface area contributed by atoms with Crippen LogP contribution in [0.15, 0.2) is 59.1 Å². The largest absolute Gasteiger partial charge is 0.272 e. The highest BCUT2D eigenvalue weighted by Crippen LogP contribution is 2.17. The Balaban J connectivity index is 2.02. The first kappa shape index (κ1) is 13.3. The number of nitrogens with one attached hydrogen (secondary N) is 1. The third kappa shape index (κ3) is 2.73. The van der Waals surface area contributed by atoms with E-state index in [9.17, 15) is 0 Å². The highest BCUT2D eigenvalue weighted by molar-refractivity contribution is 9.10. The van der Waals surface area contributed by atoms with Crippen molar-refractivity contribution >= 4 is 28.1 Å². The molecule has 0 saturated carbocycles. The van der Waals surface area contributed by atoms with E-state index in [0.29, 0.717) is 4.77 Å². The molecular formula is C15H12BrN3S. The molecule has 0 spiro atoms. The van der Waals surface area contributed by atoms with Gasteiger partial charge in [-0.15, -0.1) is 0 Å². The Bertz CT molecular complexity index is 777. The number of H-pyrrole nitrogens is 1. The summed E-state index contributed by atoms with van der Waals surface area (Å²) in [5.41, 5.74) is 2.21. The summed E-state index contributed by atoms with van der Waals surface area (Å²) in [4.78, 5) is 0. The molecule has 0 fully saturated rings. The topological polar surface area (TPSA) is 33.6 Å². The van der Waals surface area contributed by atoms with Crippen molar-refractivity contribution in [2.24, 2.45) is 0 Å². The van der Waals surface area contributed by atoms with Crippen LogP contribution in [-0.2, 0) is 6.42 Å². The lowest BCUT2D eigenvalue weighted by Gasteiger charge is -2.07. The zero-order valence-electron chi connectivity index (χ0n) is 10.6. The van der Waals surface area contributed by atoms with Crippen LogP contribution in [0.4, 0.5) is 0 Å². The van der Waals surface area contributed by atoms with E-state index >= 15 is 0 Å². The molecule has 0 bridgehead atoms. The maximum Gasteiger partial charge on any atom is 0.199 e. The monoisotopic (exact) mass is 345 g/mol. The zero-order chi connectivity index (χ0) is 13.9. The number of halogens is 1. The Labute approximate surface area is 130 Å². The second-order valence-corrected chi connectivity index (χ2v) is 5.73. The molecule has 0 aliphatic heterocycles. The average Bonchev–Trinajstić information content (AvgIpc) is 2.81. The normalized spacial score (nSPS) is 10.7. The molecule has 0 amide bonds. The second kappa shape index (κ2) is 5.73. The molecule has 0 saturated heterocycles. The van der Waals surface area contributed by atoms with Crippen molar-refractivity contribution in [2.45, 2.75) is 6.42 Å². The maximum atomic E-state index is 5.33. The number of nitrogens with zero attached hydrogens (tertiary/aromatic N) is 2. The summed E-state index contributed by atoms with van der Waals surface area (Å²) >= 11 is 8.82. The first-order valence-corrected chi connectivity index (χ1v) is 7.40. The summed E-state index contributed by atoms with van der Waals surface area (Å²) in [7, 11) is 0. The van der Waals surface area contributed by atoms with E-state index in [1.54, 1.807) is 0 Å². The van der Waals surface area contributed by atoms with Crippen LogP contribution in [0.1, 0.15) is 11.4 Å². The summed E-state index contributed by atoms with van der Waals surface area (Å²) in [5, 5.41) is 7.22. The minimum absolute atomic E-state index is 0.612. The molecule has 1 N–H and O–H groups in total. The van der Waals surface area contributed by atoms with Gasteiger partial charge in [0.2, 0.25) is 0 Å². The molecule has 0 atom stereocenters. The predicted octanol–water partition coefficient (Wildman–Crippen LogP) is 4.28. The predicted molar refractivity (Wildman–Crippen MR) is 85.7 cm³/mol. The lowest BCUT2D eigenvalue weighted by atomic mass is 10.1. The van der Waals surface area contributed by atoms with Gasteiger partial charge < -0.3 is 0 Å². The van der Waals surface area contributed by atoms with Gasteiger partial charge in [0, 0.05) is 16.6 Å². The smallest absolute Gasteiger partial charge is 0.199 e. The van der Waals surface area contributed by atoms with Crippen molar-refractivity contribution in [1.29, 1.82) is 0 Å². The van der Waals surface area contributed by atoms with Crippen molar-refractivity contribution in [1.82, 2.24) is 14.8 Å². The van der Waals surface area contributed by atoms with Gasteiger partial charge in [0.15, 0.2) is 4.77 Å². The fourth-order valence-electron chi connectivity index (χ4n) is 2.12. The van der Waals surface area contributed by atoms with Gasteiger partial charge in [-0.1, -0.05) is 46.3 Å². The molecule has 1 aromatic heterocycles. The van der Waals surface area contributed by atoms with Gasteiger partial charge in [-0.2, -0.15) is 5.10 Å². The Kier molecular flexibility index (Phi) is 3.80. The van der Waals surface area contributed by atoms with Gasteiger partial charge in [-0.3, -0.25) is 9.67 Å². The third-order valence-electron chi connectivity index (χ3n) is 3.01. The van der Waals surface area contributed by atoms with Gasteiger partial charge in [-0.25, -0.2) is 0 Å². The summed E-state index contributed by atoms with van der Waals surface area (Å²) in [5.74, 6) is 0.902. The molecule has 3 aromatic rings. The van der Waals surface area contributed by atoms with Crippen LogP contribution in [-0.4, -0.2) is 14.8 Å². The van der Waals surface area contributed by atoms with E-state index in [1.165, 1.54) is 5.56 Å². The molecule has 0 unspecified atom stereocenters. The number of hydrogen-bond donors (Lipinski definition) is 1. The standard InChI is InChI=1S/C15H12BrN3S/c16-12-6-4-5-11(9-12)10-14-17-18-15(20)19(14)13-7-2-1-3-8-13/h1-9H,10H2,(H,18,20). The van der Waals surface area contributed by atoms with E-state index in [1.807, 2.05) is 47.0 Å². The minimum Gasteiger partial charge on any atom is -0.272 e. The van der Waals surface area contributed by atoms with Crippen molar-refractivity contribution in [3.63, 3.8) is 0 Å². The Morgan fingerprint density at radius 2 is 1.90 bits per heavy atom. The quantitative estimate of drug-likeness (QED) is 0.718. The van der Waals surface area contributed by atoms with Crippen LogP contribution < -0.4 is 0 Å². The van der Waals surface area contributed by atoms with Crippen LogP contribution in [0, 0.1) is 4.77 Å². The molecule has 3 nitrogen and oxygen atoms in total. The van der Waals surface area contributed by atoms with Crippen LogP contribution in [0.5, 0.6) is 0 Å². The molecule has 100 valence electrons. The molecule has 0 aliphatic carbocycles. The second-order valence-electron chi connectivity index (χ2n) is 4.42. The van der Waals surface area contributed by atoms with Crippen molar-refractivity contribution in [3.05, 3.63) is 75.2 Å². The Morgan fingerprint density at radius 1 is 1.10 bits per heavy atom. The summed E-state index contributed by atoms with van der Waals surface area (Å²) in [6.07, 6.45) is 0.724. The van der Waals surface area contributed by atoms with E-state index in [0.717, 1.165) is 22.4 Å². The minimum atomic E-state index is 0.612. The number of aromatic amines is 1. The number of rotatable bonds is 3. The lowest BCUT2D eigenvalue weighted by molar-refractivity contribution is 0.902. The van der Waals surface area contributed by atoms with Crippen molar-refractivity contribution in [2.75, 3.05) is 0 Å². The fraction of sp³-hybridized carbons (Fsp3) is 0.0667. The summed E-state index contributed by atoms with van der Waals surface area (Å²) in [6.45, 7) is 0. The molecule has 0 aliphatic rings. The van der Waals surface area contributed by atoms with E-state index in [2.05, 4.69) is 38.3 Å². The molecule has 1 heterocycles. The first-order valence-electron chi connectivity index (χ1n) is 6.20. The van der Waals surface area contributed by atoms with Crippen molar-refractivity contribution < 1.29 is 0 Å². The van der Waals surface area contributed by atoms with Gasteiger partial charge in [0.1, 0.15) is 5.82 Å². The maximum absolute atomic E-state index is 5.33.